The van der Waals surface area contributed by atoms with E-state index in [1.54, 1.807) is 18.2 Å². The second kappa shape index (κ2) is 6.38. The molecule has 1 saturated heterocycles. The summed E-state index contributed by atoms with van der Waals surface area (Å²) in [7, 11) is 1.60. The van der Waals surface area contributed by atoms with Crippen LogP contribution in [-0.4, -0.2) is 64.3 Å². The first-order valence-corrected chi connectivity index (χ1v) is 6.38. The predicted molar refractivity (Wildman–Crippen MR) is 69.2 cm³/mol. The molecule has 8 heteroatoms. The van der Waals surface area contributed by atoms with Crippen LogP contribution in [-0.2, 0) is 16.0 Å². The van der Waals surface area contributed by atoms with Crippen LogP contribution in [0.15, 0.2) is 12.5 Å². The largest absolute Gasteiger partial charge is 0.480 e. The van der Waals surface area contributed by atoms with E-state index >= 15 is 0 Å². The Kier molecular flexibility index (Phi) is 4.57. The second-order valence-electron chi connectivity index (χ2n) is 4.71. The maximum atomic E-state index is 12.0. The summed E-state index contributed by atoms with van der Waals surface area (Å²) < 4.78 is 5.18. The van der Waals surface area contributed by atoms with Crippen molar-refractivity contribution >= 4 is 12.0 Å². The molecule has 0 spiro atoms. The summed E-state index contributed by atoms with van der Waals surface area (Å²) >= 11 is 0. The lowest BCUT2D eigenvalue weighted by molar-refractivity contribution is -0.139. The van der Waals surface area contributed by atoms with Crippen molar-refractivity contribution in [1.29, 1.82) is 0 Å². The minimum Gasteiger partial charge on any atom is -0.480 e. The summed E-state index contributed by atoms with van der Waals surface area (Å²) in [4.78, 5) is 31.4. The van der Waals surface area contributed by atoms with Gasteiger partial charge in [0, 0.05) is 38.5 Å². The topological polar surface area (TPSA) is 108 Å². The number of aromatic amines is 1. The highest BCUT2D eigenvalue weighted by Gasteiger charge is 2.29. The van der Waals surface area contributed by atoms with E-state index in [4.69, 9.17) is 9.84 Å². The number of urea groups is 1. The third kappa shape index (κ3) is 3.47. The normalized spacial score (nSPS) is 19.9. The van der Waals surface area contributed by atoms with Gasteiger partial charge in [-0.2, -0.15) is 0 Å². The van der Waals surface area contributed by atoms with Crippen molar-refractivity contribution in [3.8, 4) is 0 Å². The molecule has 1 aromatic heterocycles. The van der Waals surface area contributed by atoms with Gasteiger partial charge in [0.05, 0.1) is 12.4 Å². The summed E-state index contributed by atoms with van der Waals surface area (Å²) in [5, 5.41) is 11.7. The summed E-state index contributed by atoms with van der Waals surface area (Å²) in [6.45, 7) is 1.06. The molecule has 0 radical (unpaired) electrons. The van der Waals surface area contributed by atoms with Crippen molar-refractivity contribution in [3.63, 3.8) is 0 Å². The molecule has 1 unspecified atom stereocenters. The van der Waals surface area contributed by atoms with Crippen molar-refractivity contribution in [2.75, 3.05) is 20.2 Å². The van der Waals surface area contributed by atoms with E-state index in [2.05, 4.69) is 15.3 Å². The molecule has 20 heavy (non-hydrogen) atoms. The number of nitrogens with zero attached hydrogens (tertiary/aromatic N) is 2. The van der Waals surface area contributed by atoms with Gasteiger partial charge in [0.1, 0.15) is 6.04 Å². The molecule has 2 atom stereocenters. The van der Waals surface area contributed by atoms with Gasteiger partial charge < -0.3 is 25.0 Å². The van der Waals surface area contributed by atoms with E-state index in [0.29, 0.717) is 18.8 Å². The molecule has 2 rings (SSSR count). The third-order valence-corrected chi connectivity index (χ3v) is 3.34. The molecule has 0 aliphatic carbocycles. The van der Waals surface area contributed by atoms with Crippen molar-refractivity contribution in [3.05, 3.63) is 18.2 Å². The van der Waals surface area contributed by atoms with Crippen LogP contribution in [0.4, 0.5) is 4.79 Å². The average molecular weight is 282 g/mol. The van der Waals surface area contributed by atoms with Crippen molar-refractivity contribution in [2.45, 2.75) is 25.0 Å². The van der Waals surface area contributed by atoms with E-state index in [1.165, 1.54) is 6.33 Å². The number of carboxylic acid groups (broad SMARTS) is 1. The minimum absolute atomic E-state index is 0.0247. The van der Waals surface area contributed by atoms with Crippen molar-refractivity contribution in [1.82, 2.24) is 20.2 Å². The highest BCUT2D eigenvalue weighted by molar-refractivity contribution is 5.82. The third-order valence-electron chi connectivity index (χ3n) is 3.34. The number of amides is 2. The van der Waals surface area contributed by atoms with Gasteiger partial charge in [-0.3, -0.25) is 0 Å². The van der Waals surface area contributed by atoms with Gasteiger partial charge in [0.15, 0.2) is 0 Å². The Labute approximate surface area is 116 Å². The van der Waals surface area contributed by atoms with Gasteiger partial charge in [0.25, 0.3) is 0 Å². The highest BCUT2D eigenvalue weighted by Crippen LogP contribution is 2.12. The van der Waals surface area contributed by atoms with Crippen LogP contribution in [0.5, 0.6) is 0 Å². The molecule has 1 aromatic rings. The molecule has 0 bridgehead atoms. The Morgan fingerprint density at radius 3 is 3.05 bits per heavy atom. The summed E-state index contributed by atoms with van der Waals surface area (Å²) in [5.41, 5.74) is 0.661. The number of aliphatic carboxylic acids is 1. The Morgan fingerprint density at radius 1 is 1.70 bits per heavy atom. The van der Waals surface area contributed by atoms with Gasteiger partial charge in [-0.05, 0) is 6.42 Å². The lowest BCUT2D eigenvalue weighted by atomic mass is 10.1. The molecule has 8 nitrogen and oxygen atoms in total. The number of H-pyrrole nitrogens is 1. The summed E-state index contributed by atoms with van der Waals surface area (Å²) in [6.07, 6.45) is 3.97. The smallest absolute Gasteiger partial charge is 0.326 e. The fourth-order valence-electron chi connectivity index (χ4n) is 2.16. The number of carboxylic acids is 1. The minimum atomic E-state index is -1.07. The number of likely N-dealkylation sites (tertiary alicyclic amines) is 1. The van der Waals surface area contributed by atoms with Gasteiger partial charge >= 0.3 is 12.0 Å². The number of carbonyl (C=O) groups is 2. The Balaban J connectivity index is 1.91. The van der Waals surface area contributed by atoms with Crippen molar-refractivity contribution in [2.24, 2.45) is 0 Å². The van der Waals surface area contributed by atoms with Crippen LogP contribution in [0.3, 0.4) is 0 Å². The highest BCUT2D eigenvalue weighted by atomic mass is 16.5. The molecule has 2 heterocycles. The Bertz CT molecular complexity index is 462. The van der Waals surface area contributed by atoms with Crippen LogP contribution >= 0.6 is 0 Å². The number of imidazole rings is 1. The fourth-order valence-corrected chi connectivity index (χ4v) is 2.16. The first-order chi connectivity index (χ1) is 9.60. The Morgan fingerprint density at radius 2 is 2.50 bits per heavy atom. The first kappa shape index (κ1) is 14.3. The maximum absolute atomic E-state index is 12.0. The Hall–Kier alpha value is -2.09. The first-order valence-electron chi connectivity index (χ1n) is 6.38. The number of hydrogen-bond acceptors (Lipinski definition) is 4. The molecule has 0 aromatic carbocycles. The molecular weight excluding hydrogens is 264 g/mol. The van der Waals surface area contributed by atoms with Crippen LogP contribution in [0, 0.1) is 0 Å². The molecule has 1 aliphatic rings. The van der Waals surface area contributed by atoms with Crippen molar-refractivity contribution < 1.29 is 19.4 Å². The van der Waals surface area contributed by atoms with E-state index in [-0.39, 0.29) is 18.6 Å². The SMILES string of the molecule is COC1CCN(C(=O)N[C@H](Cc2cnc[nH]2)C(=O)O)C1. The number of nitrogens with one attached hydrogen (secondary N) is 2. The second-order valence-corrected chi connectivity index (χ2v) is 4.71. The molecule has 2 amide bonds. The zero-order valence-electron chi connectivity index (χ0n) is 11.2. The van der Waals surface area contributed by atoms with Gasteiger partial charge in [-0.25, -0.2) is 14.6 Å². The molecule has 110 valence electrons. The average Bonchev–Trinajstić information content (AvgIpc) is 3.08. The molecule has 3 N–H and O–H groups in total. The van der Waals surface area contributed by atoms with E-state index < -0.39 is 12.0 Å². The van der Waals surface area contributed by atoms with E-state index in [9.17, 15) is 9.59 Å². The molecule has 1 aliphatic heterocycles. The van der Waals surface area contributed by atoms with E-state index in [0.717, 1.165) is 6.42 Å². The number of hydrogen-bond donors (Lipinski definition) is 3. The number of carbonyl (C=O) groups excluding carboxylic acids is 1. The quantitative estimate of drug-likeness (QED) is 0.695. The lowest BCUT2D eigenvalue weighted by Crippen LogP contribution is -2.48. The van der Waals surface area contributed by atoms with Crippen LogP contribution in [0.25, 0.3) is 0 Å². The maximum Gasteiger partial charge on any atom is 0.326 e. The molecule has 1 fully saturated rings. The lowest BCUT2D eigenvalue weighted by Gasteiger charge is -2.20. The van der Waals surface area contributed by atoms with Gasteiger partial charge in [0.2, 0.25) is 0 Å². The fraction of sp³-hybridized carbons (Fsp3) is 0.583. The van der Waals surface area contributed by atoms with Crippen LogP contribution < -0.4 is 5.32 Å². The number of aromatic nitrogens is 2. The zero-order chi connectivity index (χ0) is 14.5. The predicted octanol–water partition coefficient (Wildman–Crippen LogP) is -0.164. The molecular formula is C12H18N4O4. The van der Waals surface area contributed by atoms with Crippen LogP contribution in [0.2, 0.25) is 0 Å². The van der Waals surface area contributed by atoms with Crippen LogP contribution in [0.1, 0.15) is 12.1 Å². The number of ether oxygens (including phenoxy) is 1. The van der Waals surface area contributed by atoms with Gasteiger partial charge in [-0.15, -0.1) is 0 Å². The zero-order valence-corrected chi connectivity index (χ0v) is 11.2. The number of methoxy groups -OCH3 is 1. The molecule has 0 saturated carbocycles. The van der Waals surface area contributed by atoms with E-state index in [1.807, 2.05) is 0 Å². The standard InChI is InChI=1S/C12H18N4O4/c1-20-9-2-3-16(6-9)12(19)15-10(11(17)18)4-8-5-13-7-14-8/h5,7,9-10H,2-4,6H2,1H3,(H,13,14)(H,15,19)(H,17,18)/t9?,10-/m1/s1. The monoisotopic (exact) mass is 282 g/mol. The summed E-state index contributed by atoms with van der Waals surface area (Å²) in [5.74, 6) is -1.07. The summed E-state index contributed by atoms with van der Waals surface area (Å²) in [6, 6.07) is -1.36. The number of rotatable bonds is 5. The van der Waals surface area contributed by atoms with Gasteiger partial charge in [-0.1, -0.05) is 0 Å².